The van der Waals surface area contributed by atoms with E-state index in [2.05, 4.69) is 48.5 Å². The Kier molecular flexibility index (Phi) is 7.77. The third-order valence-electron chi connectivity index (χ3n) is 6.14. The van der Waals surface area contributed by atoms with Gasteiger partial charge in [0.2, 0.25) is 0 Å². The number of benzene rings is 4. The Morgan fingerprint density at radius 2 is 0.706 bits per heavy atom. The molecule has 3 nitrogen and oxygen atoms in total. The van der Waals surface area contributed by atoms with Crippen molar-refractivity contribution < 1.29 is 14.3 Å². The molecule has 0 radical (unpaired) electrons. The van der Waals surface area contributed by atoms with Crippen molar-refractivity contribution in [3.8, 4) is 0 Å². The van der Waals surface area contributed by atoms with Gasteiger partial charge in [0.1, 0.15) is 12.2 Å². The third-order valence-corrected chi connectivity index (χ3v) is 6.14. The molecule has 0 amide bonds. The molecule has 4 aromatic rings. The van der Waals surface area contributed by atoms with E-state index in [4.69, 9.17) is 9.47 Å². The lowest BCUT2D eigenvalue weighted by atomic mass is 9.87. The summed E-state index contributed by atoms with van der Waals surface area (Å²) >= 11 is 0. The van der Waals surface area contributed by atoms with E-state index in [0.717, 1.165) is 22.3 Å². The molecule has 0 N–H and O–H groups in total. The molecule has 2 atom stereocenters. The number of carbonyl (C=O) groups excluding carboxylic acids is 1. The summed E-state index contributed by atoms with van der Waals surface area (Å²) in [7, 11) is 0. The van der Waals surface area contributed by atoms with Crippen LogP contribution in [0.25, 0.3) is 0 Å². The van der Waals surface area contributed by atoms with Crippen LogP contribution in [0.1, 0.15) is 47.9 Å². The summed E-state index contributed by atoms with van der Waals surface area (Å²) in [5.74, 6) is -0.186. The Labute approximate surface area is 202 Å². The molecule has 0 aliphatic carbocycles. The van der Waals surface area contributed by atoms with Crippen molar-refractivity contribution in [1.29, 1.82) is 0 Å². The topological polar surface area (TPSA) is 35.5 Å². The summed E-state index contributed by atoms with van der Waals surface area (Å²) in [5.41, 5.74) is 4.36. The zero-order valence-electron chi connectivity index (χ0n) is 19.6. The molecule has 0 aliphatic heterocycles. The van der Waals surface area contributed by atoms with E-state index in [1.807, 2.05) is 86.6 Å². The van der Waals surface area contributed by atoms with Gasteiger partial charge >= 0.3 is 6.16 Å². The lowest BCUT2D eigenvalue weighted by molar-refractivity contribution is -0.0000243. The van der Waals surface area contributed by atoms with Gasteiger partial charge in [-0.25, -0.2) is 4.79 Å². The second-order valence-corrected chi connectivity index (χ2v) is 8.49. The predicted molar refractivity (Wildman–Crippen MR) is 136 cm³/mol. The van der Waals surface area contributed by atoms with Crippen molar-refractivity contribution in [3.05, 3.63) is 144 Å². The number of hydrogen-bond acceptors (Lipinski definition) is 3. The summed E-state index contributed by atoms with van der Waals surface area (Å²) in [4.78, 5) is 13.0. The summed E-state index contributed by atoms with van der Waals surface area (Å²) < 4.78 is 11.7. The molecule has 4 rings (SSSR count). The van der Waals surface area contributed by atoms with Gasteiger partial charge in [0.25, 0.3) is 0 Å². The first-order valence-corrected chi connectivity index (χ1v) is 11.7. The van der Waals surface area contributed by atoms with Crippen molar-refractivity contribution in [3.63, 3.8) is 0 Å². The summed E-state index contributed by atoms with van der Waals surface area (Å²) in [6, 6.07) is 40.5. The van der Waals surface area contributed by atoms with Crippen molar-refractivity contribution >= 4 is 6.16 Å². The van der Waals surface area contributed by atoms with Gasteiger partial charge in [-0.05, 0) is 36.1 Å². The third kappa shape index (κ3) is 5.74. The Bertz CT molecular complexity index is 972. The van der Waals surface area contributed by atoms with Crippen LogP contribution in [0, 0.1) is 0 Å². The van der Waals surface area contributed by atoms with Crippen LogP contribution in [0.5, 0.6) is 0 Å². The van der Waals surface area contributed by atoms with E-state index in [0.29, 0.717) is 0 Å². The van der Waals surface area contributed by atoms with Crippen LogP contribution in [0.2, 0.25) is 0 Å². The molecule has 0 aliphatic rings. The first-order chi connectivity index (χ1) is 16.6. The van der Waals surface area contributed by atoms with Crippen LogP contribution >= 0.6 is 0 Å². The van der Waals surface area contributed by atoms with E-state index in [-0.39, 0.29) is 11.8 Å². The maximum absolute atomic E-state index is 13.0. The molecule has 0 saturated heterocycles. The average Bonchev–Trinajstić information content (AvgIpc) is 2.87. The molecule has 0 aromatic heterocycles. The molecular weight excluding hydrogens is 420 g/mol. The molecular formula is C31H30O3. The monoisotopic (exact) mass is 450 g/mol. The quantitative estimate of drug-likeness (QED) is 0.260. The molecule has 3 heteroatoms. The summed E-state index contributed by atoms with van der Waals surface area (Å²) in [6.45, 7) is 3.84. The predicted octanol–water partition coefficient (Wildman–Crippen LogP) is 7.58. The molecule has 0 fully saturated rings. The van der Waals surface area contributed by atoms with Crippen molar-refractivity contribution in [2.75, 3.05) is 0 Å². The zero-order chi connectivity index (χ0) is 23.8. The lowest BCUT2D eigenvalue weighted by Gasteiger charge is -2.28. The van der Waals surface area contributed by atoms with Gasteiger partial charge in [0.15, 0.2) is 0 Å². The van der Waals surface area contributed by atoms with E-state index in [1.165, 1.54) is 0 Å². The highest BCUT2D eigenvalue weighted by molar-refractivity contribution is 5.61. The van der Waals surface area contributed by atoms with E-state index in [9.17, 15) is 4.79 Å². The second-order valence-electron chi connectivity index (χ2n) is 8.49. The van der Waals surface area contributed by atoms with Crippen LogP contribution in [0.3, 0.4) is 0 Å². The fourth-order valence-electron chi connectivity index (χ4n) is 4.58. The molecule has 34 heavy (non-hydrogen) atoms. The average molecular weight is 451 g/mol. The van der Waals surface area contributed by atoms with Gasteiger partial charge in [0, 0.05) is 11.8 Å². The molecule has 0 spiro atoms. The Morgan fingerprint density at radius 1 is 0.471 bits per heavy atom. The lowest BCUT2D eigenvalue weighted by Crippen LogP contribution is -2.28. The van der Waals surface area contributed by atoms with Crippen LogP contribution in [0.15, 0.2) is 121 Å². The first-order valence-electron chi connectivity index (χ1n) is 11.7. The van der Waals surface area contributed by atoms with Crippen LogP contribution in [-0.2, 0) is 9.47 Å². The van der Waals surface area contributed by atoms with Crippen LogP contribution in [0.4, 0.5) is 4.79 Å². The minimum Gasteiger partial charge on any atom is -0.430 e. The summed E-state index contributed by atoms with van der Waals surface area (Å²) in [5, 5.41) is 0. The fourth-order valence-corrected chi connectivity index (χ4v) is 4.58. The highest BCUT2D eigenvalue weighted by atomic mass is 16.7. The number of rotatable bonds is 8. The SMILES string of the molecule is CC(OC(=O)OC(C)C(c1ccccc1)c1ccccc1)C(c1ccccc1)c1ccccc1. The van der Waals surface area contributed by atoms with Crippen molar-refractivity contribution in [2.24, 2.45) is 0 Å². The number of hydrogen-bond donors (Lipinski definition) is 0. The van der Waals surface area contributed by atoms with E-state index in [1.54, 1.807) is 0 Å². The van der Waals surface area contributed by atoms with Crippen molar-refractivity contribution in [1.82, 2.24) is 0 Å². The molecule has 4 aromatic carbocycles. The van der Waals surface area contributed by atoms with Gasteiger partial charge in [-0.1, -0.05) is 121 Å². The molecule has 0 heterocycles. The molecule has 172 valence electrons. The smallest absolute Gasteiger partial charge is 0.430 e. The highest BCUT2D eigenvalue weighted by Gasteiger charge is 2.29. The van der Waals surface area contributed by atoms with E-state index >= 15 is 0 Å². The molecule has 0 saturated carbocycles. The van der Waals surface area contributed by atoms with Gasteiger partial charge in [-0.3, -0.25) is 0 Å². The normalized spacial score (nSPS) is 12.8. The second kappa shape index (κ2) is 11.3. The Hall–Kier alpha value is -3.85. The van der Waals surface area contributed by atoms with Crippen LogP contribution < -0.4 is 0 Å². The van der Waals surface area contributed by atoms with Gasteiger partial charge in [-0.2, -0.15) is 0 Å². The number of ether oxygens (including phenoxy) is 2. The Balaban J connectivity index is 1.52. The summed E-state index contributed by atoms with van der Waals surface area (Å²) in [6.07, 6.45) is -1.47. The highest BCUT2D eigenvalue weighted by Crippen LogP contribution is 2.32. The van der Waals surface area contributed by atoms with Gasteiger partial charge in [-0.15, -0.1) is 0 Å². The van der Waals surface area contributed by atoms with Crippen molar-refractivity contribution in [2.45, 2.75) is 37.9 Å². The molecule has 2 unspecified atom stereocenters. The minimum atomic E-state index is -0.659. The number of carbonyl (C=O) groups is 1. The maximum atomic E-state index is 13.0. The fraction of sp³-hybridized carbons (Fsp3) is 0.194. The molecule has 0 bridgehead atoms. The largest absolute Gasteiger partial charge is 0.508 e. The first kappa shape index (κ1) is 23.3. The van der Waals surface area contributed by atoms with Gasteiger partial charge < -0.3 is 9.47 Å². The minimum absolute atomic E-state index is 0.0932. The van der Waals surface area contributed by atoms with Gasteiger partial charge in [0.05, 0.1) is 0 Å². The zero-order valence-corrected chi connectivity index (χ0v) is 19.6. The maximum Gasteiger partial charge on any atom is 0.508 e. The Morgan fingerprint density at radius 3 is 0.941 bits per heavy atom. The van der Waals surface area contributed by atoms with Crippen LogP contribution in [-0.4, -0.2) is 18.4 Å². The standard InChI is InChI=1S/C31H30O3/c1-23(29(25-15-7-3-8-16-25)26-17-9-4-10-18-26)33-31(32)34-24(2)30(27-19-11-5-12-20-27)28-21-13-6-14-22-28/h3-24,29-30H,1-2H3. The van der Waals surface area contributed by atoms with E-state index < -0.39 is 18.4 Å².